The van der Waals surface area contributed by atoms with E-state index in [0.29, 0.717) is 5.76 Å². The van der Waals surface area contributed by atoms with E-state index in [1.165, 1.54) is 12.1 Å². The number of rotatable bonds is 3. The summed E-state index contributed by atoms with van der Waals surface area (Å²) < 4.78 is 44.4. The van der Waals surface area contributed by atoms with Crippen molar-refractivity contribution in [2.45, 2.75) is 25.9 Å². The molecule has 6 nitrogen and oxygen atoms in total. The summed E-state index contributed by atoms with van der Waals surface area (Å²) >= 11 is 0. The lowest BCUT2D eigenvalue weighted by Gasteiger charge is -2.06. The third-order valence-electron chi connectivity index (χ3n) is 3.49. The average molecular weight is 347 g/mol. The molecule has 0 unspecified atom stereocenters. The first kappa shape index (κ1) is 16.7. The number of nitriles is 1. The van der Waals surface area contributed by atoms with Crippen LogP contribution in [0.4, 0.5) is 13.2 Å². The number of hydrogen-bond acceptors (Lipinski definition) is 5. The smallest absolute Gasteiger partial charge is 0.416 e. The minimum absolute atomic E-state index is 0.0247. The molecule has 2 heterocycles. The number of benzene rings is 1. The number of aromatic amines is 1. The Morgan fingerprint density at radius 3 is 2.60 bits per heavy atom. The van der Waals surface area contributed by atoms with E-state index in [0.717, 1.165) is 12.1 Å². The predicted molar refractivity (Wildman–Crippen MR) is 81.1 cm³/mol. The maximum Gasteiger partial charge on any atom is 0.416 e. The van der Waals surface area contributed by atoms with Gasteiger partial charge in [0.15, 0.2) is 11.4 Å². The maximum absolute atomic E-state index is 12.9. The molecule has 1 N–H and O–H groups in total. The molecule has 0 aliphatic carbocycles. The van der Waals surface area contributed by atoms with Crippen molar-refractivity contribution in [2.24, 2.45) is 0 Å². The van der Waals surface area contributed by atoms with Crippen LogP contribution < -0.4 is 0 Å². The second kappa shape index (κ2) is 6.05. The van der Waals surface area contributed by atoms with Gasteiger partial charge in [-0.15, -0.1) is 5.10 Å². The number of H-pyrrole nitrogens is 1. The van der Waals surface area contributed by atoms with Crippen molar-refractivity contribution >= 4 is 0 Å². The summed E-state index contributed by atoms with van der Waals surface area (Å²) in [5.41, 5.74) is -0.0911. The average Bonchev–Trinajstić information content (AvgIpc) is 3.20. The molecule has 128 valence electrons. The number of aromatic nitrogens is 4. The van der Waals surface area contributed by atoms with Gasteiger partial charge in [0.2, 0.25) is 5.89 Å². The SMILES string of the molecule is CC(C)c1oc(-c2cccc(C(F)(F)F)c2)nc1-c1n[nH]nc1C#N. The van der Waals surface area contributed by atoms with Crippen molar-refractivity contribution in [2.75, 3.05) is 0 Å². The summed E-state index contributed by atoms with van der Waals surface area (Å²) in [6, 6.07) is 6.58. The van der Waals surface area contributed by atoms with Crippen LogP contribution in [0.15, 0.2) is 28.7 Å². The molecule has 3 rings (SSSR count). The van der Waals surface area contributed by atoms with Crippen LogP contribution >= 0.6 is 0 Å². The number of oxazole rings is 1. The number of alkyl halides is 3. The molecule has 0 bridgehead atoms. The molecule has 0 saturated heterocycles. The molecule has 0 radical (unpaired) electrons. The van der Waals surface area contributed by atoms with Gasteiger partial charge < -0.3 is 4.42 Å². The Morgan fingerprint density at radius 2 is 1.96 bits per heavy atom. The highest BCUT2D eigenvalue weighted by Gasteiger charge is 2.31. The lowest BCUT2D eigenvalue weighted by molar-refractivity contribution is -0.137. The molecule has 0 amide bonds. The Morgan fingerprint density at radius 1 is 1.20 bits per heavy atom. The van der Waals surface area contributed by atoms with Crippen LogP contribution in [0.1, 0.15) is 36.8 Å². The van der Waals surface area contributed by atoms with Gasteiger partial charge in [-0.3, -0.25) is 0 Å². The van der Waals surface area contributed by atoms with Crippen LogP contribution in [-0.4, -0.2) is 20.4 Å². The van der Waals surface area contributed by atoms with Gasteiger partial charge >= 0.3 is 6.18 Å². The van der Waals surface area contributed by atoms with Crippen LogP contribution in [0.5, 0.6) is 0 Å². The molecular formula is C16H12F3N5O. The first-order chi connectivity index (χ1) is 11.8. The van der Waals surface area contributed by atoms with E-state index in [4.69, 9.17) is 9.68 Å². The Kier molecular flexibility index (Phi) is 4.04. The third-order valence-corrected chi connectivity index (χ3v) is 3.49. The molecule has 2 aromatic heterocycles. The zero-order chi connectivity index (χ0) is 18.2. The minimum Gasteiger partial charge on any atom is -0.440 e. The molecule has 0 atom stereocenters. The molecule has 3 aromatic rings. The highest BCUT2D eigenvalue weighted by molar-refractivity contribution is 5.66. The fourth-order valence-electron chi connectivity index (χ4n) is 2.32. The van der Waals surface area contributed by atoms with E-state index in [1.807, 2.05) is 19.9 Å². The summed E-state index contributed by atoms with van der Waals surface area (Å²) in [6.07, 6.45) is -4.47. The highest BCUT2D eigenvalue weighted by Crippen LogP contribution is 2.36. The molecule has 0 aliphatic heterocycles. The van der Waals surface area contributed by atoms with Crippen LogP contribution in [0, 0.1) is 11.3 Å². The maximum atomic E-state index is 12.9. The standard InChI is InChI=1S/C16H12F3N5O/c1-8(2)14-13(12-11(7-20)22-24-23-12)21-15(25-14)9-4-3-5-10(6-9)16(17,18)19/h3-6,8H,1-2H3,(H,22,23,24). The van der Waals surface area contributed by atoms with E-state index < -0.39 is 11.7 Å². The van der Waals surface area contributed by atoms with E-state index >= 15 is 0 Å². The van der Waals surface area contributed by atoms with E-state index in [2.05, 4.69) is 20.4 Å². The van der Waals surface area contributed by atoms with Gasteiger partial charge in [0.05, 0.1) is 5.56 Å². The monoisotopic (exact) mass is 347 g/mol. The van der Waals surface area contributed by atoms with Crippen LogP contribution in [0.3, 0.4) is 0 Å². The fraction of sp³-hybridized carbons (Fsp3) is 0.250. The second-order valence-electron chi connectivity index (χ2n) is 5.60. The Bertz CT molecular complexity index is 949. The molecule has 0 fully saturated rings. The first-order valence-electron chi connectivity index (χ1n) is 7.31. The van der Waals surface area contributed by atoms with E-state index in [-0.39, 0.29) is 34.5 Å². The molecule has 0 aliphatic rings. The van der Waals surface area contributed by atoms with Crippen LogP contribution in [-0.2, 0) is 6.18 Å². The number of halogens is 3. The summed E-state index contributed by atoms with van der Waals surface area (Å²) in [5, 5.41) is 19.0. The van der Waals surface area contributed by atoms with Crippen molar-refractivity contribution in [1.82, 2.24) is 20.4 Å². The van der Waals surface area contributed by atoms with Gasteiger partial charge in [0, 0.05) is 11.5 Å². The zero-order valence-corrected chi connectivity index (χ0v) is 13.2. The summed E-state index contributed by atoms with van der Waals surface area (Å²) in [7, 11) is 0. The van der Waals surface area contributed by atoms with Gasteiger partial charge in [-0.05, 0) is 18.2 Å². The fourth-order valence-corrected chi connectivity index (χ4v) is 2.32. The van der Waals surface area contributed by atoms with Gasteiger partial charge in [0.25, 0.3) is 0 Å². The summed E-state index contributed by atoms with van der Waals surface area (Å²) in [5.74, 6) is 0.319. The molecule has 1 aromatic carbocycles. The third kappa shape index (κ3) is 3.10. The molecule has 9 heteroatoms. The van der Waals surface area contributed by atoms with Crippen molar-refractivity contribution in [1.29, 1.82) is 5.26 Å². The van der Waals surface area contributed by atoms with Crippen molar-refractivity contribution in [3.63, 3.8) is 0 Å². The number of hydrogen-bond donors (Lipinski definition) is 1. The molecule has 0 spiro atoms. The van der Waals surface area contributed by atoms with Crippen LogP contribution in [0.2, 0.25) is 0 Å². The summed E-state index contributed by atoms with van der Waals surface area (Å²) in [6.45, 7) is 3.68. The number of nitrogens with zero attached hydrogens (tertiary/aromatic N) is 4. The topological polar surface area (TPSA) is 91.4 Å². The van der Waals surface area contributed by atoms with Crippen molar-refractivity contribution < 1.29 is 17.6 Å². The quantitative estimate of drug-likeness (QED) is 0.769. The predicted octanol–water partition coefficient (Wildman–Crippen LogP) is 4.14. The Hall–Kier alpha value is -3.15. The van der Waals surface area contributed by atoms with Gasteiger partial charge in [-0.1, -0.05) is 19.9 Å². The molecule has 25 heavy (non-hydrogen) atoms. The van der Waals surface area contributed by atoms with Gasteiger partial charge in [-0.25, -0.2) is 4.98 Å². The second-order valence-corrected chi connectivity index (χ2v) is 5.60. The lowest BCUT2D eigenvalue weighted by Crippen LogP contribution is -2.04. The minimum atomic E-state index is -4.47. The molecule has 0 saturated carbocycles. The van der Waals surface area contributed by atoms with Gasteiger partial charge in [0.1, 0.15) is 17.5 Å². The lowest BCUT2D eigenvalue weighted by atomic mass is 10.1. The Labute approximate surface area is 140 Å². The number of nitrogens with one attached hydrogen (secondary N) is 1. The van der Waals surface area contributed by atoms with E-state index in [9.17, 15) is 13.2 Å². The highest BCUT2D eigenvalue weighted by atomic mass is 19.4. The van der Waals surface area contributed by atoms with Crippen molar-refractivity contribution in [3.05, 3.63) is 41.3 Å². The van der Waals surface area contributed by atoms with Crippen LogP contribution in [0.25, 0.3) is 22.8 Å². The Balaban J connectivity index is 2.14. The zero-order valence-electron chi connectivity index (χ0n) is 13.2. The van der Waals surface area contributed by atoms with Gasteiger partial charge in [-0.2, -0.15) is 28.7 Å². The summed E-state index contributed by atoms with van der Waals surface area (Å²) in [4.78, 5) is 4.27. The van der Waals surface area contributed by atoms with Crippen molar-refractivity contribution in [3.8, 4) is 28.9 Å². The first-order valence-corrected chi connectivity index (χ1v) is 7.31. The largest absolute Gasteiger partial charge is 0.440 e. The van der Waals surface area contributed by atoms with E-state index in [1.54, 1.807) is 0 Å². The normalized spacial score (nSPS) is 11.7. The molecular weight excluding hydrogens is 335 g/mol.